The number of hydrogen-bond acceptors (Lipinski definition) is 4. The molecule has 0 aliphatic carbocycles. The molecule has 2 heterocycles. The Hall–Kier alpha value is -0.650. The van der Waals surface area contributed by atoms with Crippen LogP contribution in [0.1, 0.15) is 39.0 Å². The third-order valence-electron chi connectivity index (χ3n) is 4.11. The van der Waals surface area contributed by atoms with Crippen molar-refractivity contribution in [3.63, 3.8) is 0 Å². The molecule has 2 unspecified atom stereocenters. The van der Waals surface area contributed by atoms with Crippen LogP contribution in [0.5, 0.6) is 0 Å². The second-order valence-corrected chi connectivity index (χ2v) is 5.87. The van der Waals surface area contributed by atoms with E-state index in [1.54, 1.807) is 0 Å². The largest absolute Gasteiger partial charge is 0.386 e. The summed E-state index contributed by atoms with van der Waals surface area (Å²) >= 11 is 0. The van der Waals surface area contributed by atoms with Gasteiger partial charge in [0.15, 0.2) is 0 Å². The topological polar surface area (TPSA) is 61.8 Å². The Kier molecular flexibility index (Phi) is 5.19. The zero-order valence-corrected chi connectivity index (χ0v) is 11.9. The summed E-state index contributed by atoms with van der Waals surface area (Å²) in [4.78, 5) is 14.3. The van der Waals surface area contributed by atoms with Crippen LogP contribution in [0.2, 0.25) is 0 Å². The van der Waals surface area contributed by atoms with E-state index in [9.17, 15) is 9.90 Å². The Bertz CT molecular complexity index is 295. The number of ether oxygens (including phenoxy) is 1. The van der Waals surface area contributed by atoms with Crippen molar-refractivity contribution in [1.29, 1.82) is 0 Å². The van der Waals surface area contributed by atoms with Gasteiger partial charge in [-0.25, -0.2) is 0 Å². The van der Waals surface area contributed by atoms with Crippen LogP contribution in [-0.2, 0) is 9.53 Å². The Morgan fingerprint density at radius 1 is 1.37 bits per heavy atom. The van der Waals surface area contributed by atoms with E-state index in [0.29, 0.717) is 26.2 Å². The van der Waals surface area contributed by atoms with Gasteiger partial charge >= 0.3 is 0 Å². The Morgan fingerprint density at radius 3 is 2.63 bits per heavy atom. The minimum Gasteiger partial charge on any atom is -0.386 e. The van der Waals surface area contributed by atoms with Crippen molar-refractivity contribution in [3.8, 4) is 0 Å². The molecule has 0 aromatic heterocycles. The number of aliphatic hydroxyl groups is 1. The van der Waals surface area contributed by atoms with E-state index in [-0.39, 0.29) is 11.9 Å². The highest BCUT2D eigenvalue weighted by Gasteiger charge is 2.33. The average molecular weight is 270 g/mol. The molecule has 110 valence electrons. The maximum absolute atomic E-state index is 12.3. The summed E-state index contributed by atoms with van der Waals surface area (Å²) < 4.78 is 5.20. The van der Waals surface area contributed by atoms with Crippen molar-refractivity contribution in [2.24, 2.45) is 0 Å². The molecule has 5 heteroatoms. The van der Waals surface area contributed by atoms with Gasteiger partial charge in [-0.15, -0.1) is 0 Å². The number of rotatable bonds is 4. The van der Waals surface area contributed by atoms with Gasteiger partial charge in [0, 0.05) is 32.7 Å². The molecule has 5 nitrogen and oxygen atoms in total. The molecule has 0 spiro atoms. The zero-order valence-electron chi connectivity index (χ0n) is 11.9. The van der Waals surface area contributed by atoms with E-state index in [0.717, 1.165) is 25.9 Å². The fourth-order valence-electron chi connectivity index (χ4n) is 2.73. The molecule has 19 heavy (non-hydrogen) atoms. The van der Waals surface area contributed by atoms with Gasteiger partial charge in [0.25, 0.3) is 0 Å². The first-order valence-electron chi connectivity index (χ1n) is 7.43. The SMILES string of the molecule is CC(NCC1(O)CCOC1)C(=O)N1CCCCCC1. The molecule has 0 radical (unpaired) electrons. The van der Waals surface area contributed by atoms with Gasteiger partial charge in [-0.3, -0.25) is 4.79 Å². The number of carbonyl (C=O) groups is 1. The fraction of sp³-hybridized carbons (Fsp3) is 0.929. The third-order valence-corrected chi connectivity index (χ3v) is 4.11. The Labute approximate surface area is 115 Å². The first-order chi connectivity index (χ1) is 9.11. The zero-order chi connectivity index (χ0) is 13.7. The number of carbonyl (C=O) groups excluding carboxylic acids is 1. The quantitative estimate of drug-likeness (QED) is 0.782. The normalized spacial score (nSPS) is 30.1. The molecule has 2 N–H and O–H groups in total. The maximum Gasteiger partial charge on any atom is 0.239 e. The molecule has 0 aromatic carbocycles. The maximum atomic E-state index is 12.3. The Morgan fingerprint density at radius 2 is 2.05 bits per heavy atom. The lowest BCUT2D eigenvalue weighted by atomic mass is 10.0. The van der Waals surface area contributed by atoms with E-state index >= 15 is 0 Å². The first kappa shape index (κ1) is 14.8. The van der Waals surface area contributed by atoms with Crippen LogP contribution in [0.3, 0.4) is 0 Å². The molecule has 0 bridgehead atoms. The number of amides is 1. The lowest BCUT2D eigenvalue weighted by molar-refractivity contribution is -0.133. The van der Waals surface area contributed by atoms with Gasteiger partial charge in [-0.1, -0.05) is 12.8 Å². The van der Waals surface area contributed by atoms with Crippen molar-refractivity contribution in [2.45, 2.75) is 50.7 Å². The third kappa shape index (κ3) is 4.16. The van der Waals surface area contributed by atoms with Crippen LogP contribution in [0.25, 0.3) is 0 Å². The Balaban J connectivity index is 1.78. The highest BCUT2D eigenvalue weighted by Crippen LogP contribution is 2.17. The minimum absolute atomic E-state index is 0.157. The number of nitrogens with zero attached hydrogens (tertiary/aromatic N) is 1. The predicted octanol–water partition coefficient (Wildman–Crippen LogP) is 0.518. The van der Waals surface area contributed by atoms with Crippen LogP contribution < -0.4 is 5.32 Å². The van der Waals surface area contributed by atoms with E-state index in [1.807, 2.05) is 11.8 Å². The first-order valence-corrected chi connectivity index (χ1v) is 7.43. The molecule has 2 saturated heterocycles. The van der Waals surface area contributed by atoms with Crippen LogP contribution in [-0.4, -0.2) is 60.4 Å². The standard InChI is InChI=1S/C14H26N2O3/c1-12(15-10-14(18)6-9-19-11-14)13(17)16-7-4-2-3-5-8-16/h12,15,18H,2-11H2,1H3. The van der Waals surface area contributed by atoms with Gasteiger partial charge in [0.2, 0.25) is 5.91 Å². The lowest BCUT2D eigenvalue weighted by Gasteiger charge is -2.27. The monoisotopic (exact) mass is 270 g/mol. The van der Waals surface area contributed by atoms with Crippen molar-refractivity contribution in [1.82, 2.24) is 10.2 Å². The highest BCUT2D eigenvalue weighted by atomic mass is 16.5. The van der Waals surface area contributed by atoms with E-state index in [2.05, 4.69) is 5.32 Å². The smallest absolute Gasteiger partial charge is 0.239 e. The minimum atomic E-state index is -0.798. The van der Waals surface area contributed by atoms with Gasteiger partial charge in [0.1, 0.15) is 5.60 Å². The molecular weight excluding hydrogens is 244 g/mol. The van der Waals surface area contributed by atoms with Gasteiger partial charge in [-0.05, 0) is 19.8 Å². The molecule has 0 aromatic rings. The summed E-state index contributed by atoms with van der Waals surface area (Å²) in [6.07, 6.45) is 5.31. The second-order valence-electron chi connectivity index (χ2n) is 5.87. The van der Waals surface area contributed by atoms with E-state index in [4.69, 9.17) is 4.74 Å². The molecule has 2 atom stereocenters. The van der Waals surface area contributed by atoms with Gasteiger partial charge in [0.05, 0.1) is 12.6 Å². The van der Waals surface area contributed by atoms with Crippen molar-refractivity contribution < 1.29 is 14.6 Å². The number of hydrogen-bond donors (Lipinski definition) is 2. The van der Waals surface area contributed by atoms with Crippen LogP contribution in [0, 0.1) is 0 Å². The molecule has 2 aliphatic rings. The van der Waals surface area contributed by atoms with Crippen molar-refractivity contribution in [3.05, 3.63) is 0 Å². The summed E-state index contributed by atoms with van der Waals surface area (Å²) in [7, 11) is 0. The summed E-state index contributed by atoms with van der Waals surface area (Å²) in [5.74, 6) is 0.157. The molecule has 1 amide bonds. The molecule has 2 aliphatic heterocycles. The summed E-state index contributed by atoms with van der Waals surface area (Å²) in [6, 6.07) is -0.234. The summed E-state index contributed by atoms with van der Waals surface area (Å²) in [5, 5.41) is 13.3. The average Bonchev–Trinajstić information content (AvgIpc) is 2.68. The van der Waals surface area contributed by atoms with Crippen LogP contribution in [0.4, 0.5) is 0 Å². The van der Waals surface area contributed by atoms with E-state index in [1.165, 1.54) is 12.8 Å². The molecule has 2 fully saturated rings. The fourth-order valence-corrected chi connectivity index (χ4v) is 2.73. The molecule has 0 saturated carbocycles. The van der Waals surface area contributed by atoms with E-state index < -0.39 is 5.60 Å². The molecular formula is C14H26N2O3. The number of likely N-dealkylation sites (tertiary alicyclic amines) is 1. The predicted molar refractivity (Wildman–Crippen MR) is 72.9 cm³/mol. The van der Waals surface area contributed by atoms with Gasteiger partial charge < -0.3 is 20.1 Å². The number of nitrogens with one attached hydrogen (secondary N) is 1. The second kappa shape index (κ2) is 6.68. The summed E-state index contributed by atoms with van der Waals surface area (Å²) in [5.41, 5.74) is -0.798. The summed E-state index contributed by atoms with van der Waals surface area (Å²) in [6.45, 7) is 5.02. The highest BCUT2D eigenvalue weighted by molar-refractivity contribution is 5.81. The lowest BCUT2D eigenvalue weighted by Crippen LogP contribution is -2.50. The molecule has 2 rings (SSSR count). The van der Waals surface area contributed by atoms with Crippen LogP contribution in [0.15, 0.2) is 0 Å². The van der Waals surface area contributed by atoms with Crippen molar-refractivity contribution in [2.75, 3.05) is 32.8 Å². The van der Waals surface area contributed by atoms with Gasteiger partial charge in [-0.2, -0.15) is 0 Å². The van der Waals surface area contributed by atoms with Crippen LogP contribution >= 0.6 is 0 Å². The van der Waals surface area contributed by atoms with Crippen molar-refractivity contribution >= 4 is 5.91 Å².